The van der Waals surface area contributed by atoms with E-state index >= 15 is 0 Å². The lowest BCUT2D eigenvalue weighted by molar-refractivity contribution is -0.137. The minimum atomic E-state index is -5.06. The summed E-state index contributed by atoms with van der Waals surface area (Å²) in [6, 6.07) is 0. The molecule has 6 N–H and O–H groups in total. The van der Waals surface area contributed by atoms with E-state index in [-0.39, 0.29) is 32.2 Å². The minimum Gasteiger partial charge on any atom is -0.481 e. The highest BCUT2D eigenvalue weighted by Gasteiger charge is 2.35. The van der Waals surface area contributed by atoms with E-state index in [1.165, 1.54) is 0 Å². The number of phosphoric ester groups is 1. The van der Waals surface area contributed by atoms with Crippen LogP contribution in [-0.2, 0) is 23.2 Å². The molecule has 0 rings (SSSR count). The van der Waals surface area contributed by atoms with Gasteiger partial charge in [0.05, 0.1) is 0 Å². The molecule has 0 aromatic heterocycles. The van der Waals surface area contributed by atoms with E-state index in [2.05, 4.69) is 9.84 Å². The molecular formula is C9H19NO10P2. The van der Waals surface area contributed by atoms with Crippen molar-refractivity contribution in [3.63, 3.8) is 0 Å². The van der Waals surface area contributed by atoms with Gasteiger partial charge >= 0.3 is 21.4 Å². The third kappa shape index (κ3) is 11.8. The number of hydrogen-bond acceptors (Lipinski definition) is 5. The van der Waals surface area contributed by atoms with Crippen LogP contribution in [0.2, 0.25) is 0 Å². The van der Waals surface area contributed by atoms with E-state index < -0.39 is 39.6 Å². The molecule has 0 bridgehead atoms. The Balaban J connectivity index is 4.12. The molecule has 1 atom stereocenters. The Morgan fingerprint density at radius 2 is 1.64 bits per heavy atom. The highest BCUT2D eigenvalue weighted by Crippen LogP contribution is 2.51. The van der Waals surface area contributed by atoms with Crippen LogP contribution in [0, 0.1) is 0 Å². The van der Waals surface area contributed by atoms with E-state index in [1.54, 1.807) is 0 Å². The van der Waals surface area contributed by atoms with Crippen molar-refractivity contribution in [1.29, 1.82) is 0 Å². The van der Waals surface area contributed by atoms with E-state index in [0.717, 1.165) is 0 Å². The van der Waals surface area contributed by atoms with Gasteiger partial charge in [-0.25, -0.2) is 4.57 Å². The molecule has 1 unspecified atom stereocenters. The van der Waals surface area contributed by atoms with Crippen molar-refractivity contribution in [3.8, 4) is 0 Å². The van der Waals surface area contributed by atoms with E-state index in [0.29, 0.717) is 0 Å². The molecule has 22 heavy (non-hydrogen) atoms. The fourth-order valence-electron chi connectivity index (χ4n) is 1.43. The monoisotopic (exact) mass is 363 g/mol. The average molecular weight is 363 g/mol. The highest BCUT2D eigenvalue weighted by atomic mass is 31.2. The van der Waals surface area contributed by atoms with Crippen LogP contribution in [0.5, 0.6) is 0 Å². The number of rotatable bonds is 11. The first kappa shape index (κ1) is 21.2. The Morgan fingerprint density at radius 1 is 1.05 bits per heavy atom. The molecule has 0 aromatic rings. The second kappa shape index (κ2) is 9.36. The van der Waals surface area contributed by atoms with Crippen LogP contribution in [-0.4, -0.2) is 48.9 Å². The van der Waals surface area contributed by atoms with Crippen LogP contribution in [0.25, 0.3) is 0 Å². The summed E-state index contributed by atoms with van der Waals surface area (Å²) in [4.78, 5) is 56.6. The molecule has 1 amide bonds. The summed E-state index contributed by atoms with van der Waals surface area (Å²) < 4.78 is 25.7. The maximum atomic E-state index is 11.4. The fraction of sp³-hybridized carbons (Fsp3) is 0.778. The maximum Gasteiger partial charge on any atom is 0.470 e. The molecule has 0 radical (unpaired) electrons. The first-order valence-electron chi connectivity index (χ1n) is 6.19. The molecule has 0 aliphatic heterocycles. The van der Waals surface area contributed by atoms with Crippen LogP contribution >= 0.6 is 15.4 Å². The molecule has 0 saturated carbocycles. The van der Waals surface area contributed by atoms with Crippen LogP contribution < -0.4 is 5.32 Å². The van der Waals surface area contributed by atoms with Gasteiger partial charge in [0, 0.05) is 19.4 Å². The van der Waals surface area contributed by atoms with Gasteiger partial charge in [0.15, 0.2) is 5.85 Å². The van der Waals surface area contributed by atoms with Gasteiger partial charge in [-0.1, -0.05) is 0 Å². The Morgan fingerprint density at radius 3 is 2.09 bits per heavy atom. The van der Waals surface area contributed by atoms with E-state index in [1.807, 2.05) is 0 Å². The number of aliphatic carboxylic acids is 1. The smallest absolute Gasteiger partial charge is 0.470 e. The second-order valence-corrected chi connectivity index (χ2v) is 7.33. The van der Waals surface area contributed by atoms with Gasteiger partial charge in [-0.3, -0.25) is 18.7 Å². The molecular weight excluding hydrogens is 344 g/mol. The van der Waals surface area contributed by atoms with Crippen LogP contribution in [0.4, 0.5) is 0 Å². The third-order valence-corrected chi connectivity index (χ3v) is 4.19. The Bertz CT molecular complexity index is 469. The topological polar surface area (TPSA) is 191 Å². The average Bonchev–Trinajstić information content (AvgIpc) is 2.30. The molecule has 0 fully saturated rings. The Labute approximate surface area is 126 Å². The lowest BCUT2D eigenvalue weighted by atomic mass is 10.2. The van der Waals surface area contributed by atoms with Crippen molar-refractivity contribution in [3.05, 3.63) is 0 Å². The predicted octanol–water partition coefficient (Wildman–Crippen LogP) is -0.249. The van der Waals surface area contributed by atoms with Gasteiger partial charge in [0.1, 0.15) is 0 Å². The van der Waals surface area contributed by atoms with Crippen molar-refractivity contribution in [1.82, 2.24) is 5.32 Å². The molecule has 11 nitrogen and oxygen atoms in total. The van der Waals surface area contributed by atoms with Crippen LogP contribution in [0.15, 0.2) is 0 Å². The minimum absolute atomic E-state index is 0.0689. The van der Waals surface area contributed by atoms with Crippen molar-refractivity contribution in [2.24, 2.45) is 0 Å². The third-order valence-electron chi connectivity index (χ3n) is 2.38. The zero-order valence-corrected chi connectivity index (χ0v) is 13.3. The summed E-state index contributed by atoms with van der Waals surface area (Å²) >= 11 is 0. The van der Waals surface area contributed by atoms with E-state index in [4.69, 9.17) is 24.7 Å². The van der Waals surface area contributed by atoms with Gasteiger partial charge < -0.3 is 30.0 Å². The summed E-state index contributed by atoms with van der Waals surface area (Å²) in [5, 5.41) is 10.8. The Kier molecular flexibility index (Phi) is 9.02. The Hall–Kier alpha value is -0.800. The summed E-state index contributed by atoms with van der Waals surface area (Å²) in [5.41, 5.74) is 0. The normalized spacial score (nSPS) is 13.6. The van der Waals surface area contributed by atoms with Gasteiger partial charge in [-0.15, -0.1) is 0 Å². The van der Waals surface area contributed by atoms with Gasteiger partial charge in [-0.05, 0) is 19.3 Å². The standard InChI is InChI=1S/C9H19NO10P2/c11-7(10-6-2-4-8(12)13)3-1-5-9(21(14,15)16)20-22(17,18)19/h9H,1-6H2,(H,10,11)(H,12,13)(H2,14,15,16)(H2,17,18,19). The first-order chi connectivity index (χ1) is 9.92. The molecule has 13 heteroatoms. The lowest BCUT2D eigenvalue weighted by Crippen LogP contribution is -2.25. The molecule has 0 aliphatic carbocycles. The summed E-state index contributed by atoms with van der Waals surface area (Å²) in [5.74, 6) is -3.45. The number of carboxylic acids is 1. The van der Waals surface area contributed by atoms with E-state index in [9.17, 15) is 18.7 Å². The number of carboxylic acid groups (broad SMARTS) is 1. The van der Waals surface area contributed by atoms with Crippen molar-refractivity contribution < 1.29 is 47.9 Å². The van der Waals surface area contributed by atoms with Crippen LogP contribution in [0.3, 0.4) is 0 Å². The number of nitrogens with one attached hydrogen (secondary N) is 1. The van der Waals surface area contributed by atoms with Gasteiger partial charge in [0.2, 0.25) is 5.91 Å². The van der Waals surface area contributed by atoms with Crippen molar-refractivity contribution >= 4 is 27.3 Å². The zero-order valence-electron chi connectivity index (χ0n) is 11.5. The molecule has 0 saturated heterocycles. The summed E-state index contributed by atoms with van der Waals surface area (Å²) in [6.45, 7) is 0.145. The fourth-order valence-corrected chi connectivity index (χ4v) is 3.23. The lowest BCUT2D eigenvalue weighted by Gasteiger charge is -2.19. The number of hydrogen-bond donors (Lipinski definition) is 6. The molecule has 130 valence electrons. The number of amides is 1. The molecule has 0 heterocycles. The number of carbonyl (C=O) groups excluding carboxylic acids is 1. The largest absolute Gasteiger partial charge is 0.481 e. The van der Waals surface area contributed by atoms with Crippen molar-refractivity contribution in [2.75, 3.05) is 6.54 Å². The molecule has 0 spiro atoms. The van der Waals surface area contributed by atoms with Gasteiger partial charge in [0.25, 0.3) is 0 Å². The summed E-state index contributed by atoms with van der Waals surface area (Å²) in [7, 11) is -9.94. The first-order valence-corrected chi connectivity index (χ1v) is 9.40. The summed E-state index contributed by atoms with van der Waals surface area (Å²) in [6.07, 6.45) is -0.489. The zero-order chi connectivity index (χ0) is 17.4. The van der Waals surface area contributed by atoms with Gasteiger partial charge in [-0.2, -0.15) is 0 Å². The van der Waals surface area contributed by atoms with Crippen LogP contribution in [0.1, 0.15) is 32.1 Å². The molecule has 0 aromatic carbocycles. The SMILES string of the molecule is O=C(O)CCCNC(=O)CCCC(OP(=O)(O)O)P(=O)(O)O. The maximum absolute atomic E-state index is 11.4. The predicted molar refractivity (Wildman–Crippen MR) is 72.7 cm³/mol. The quantitative estimate of drug-likeness (QED) is 0.211. The molecule has 0 aliphatic rings. The number of carbonyl (C=O) groups is 2. The van der Waals surface area contributed by atoms with Crippen molar-refractivity contribution in [2.45, 2.75) is 37.9 Å². The highest BCUT2D eigenvalue weighted by molar-refractivity contribution is 7.53. The number of phosphoric acid groups is 1. The second-order valence-electron chi connectivity index (χ2n) is 4.38.